The third-order valence-corrected chi connectivity index (χ3v) is 4.46. The second kappa shape index (κ2) is 7.97. The lowest BCUT2D eigenvalue weighted by molar-refractivity contribution is -0.152. The first-order valence-corrected chi connectivity index (χ1v) is 8.95. The molecule has 3 rings (SSSR count). The number of carbonyl (C=O) groups excluding carboxylic acids is 2. The van der Waals surface area contributed by atoms with Crippen LogP contribution in [0.3, 0.4) is 0 Å². The third kappa shape index (κ3) is 4.18. The molecule has 1 N–H and O–H groups in total. The van der Waals surface area contributed by atoms with Crippen LogP contribution >= 0.6 is 11.3 Å². The third-order valence-electron chi connectivity index (χ3n) is 3.53. The van der Waals surface area contributed by atoms with Gasteiger partial charge in [0.25, 0.3) is 5.91 Å². The van der Waals surface area contributed by atoms with E-state index in [1.54, 1.807) is 24.3 Å². The summed E-state index contributed by atoms with van der Waals surface area (Å²) in [5, 5.41) is 3.17. The van der Waals surface area contributed by atoms with Gasteiger partial charge in [-0.1, -0.05) is 41.7 Å². The quantitative estimate of drug-likeness (QED) is 0.665. The van der Waals surface area contributed by atoms with Crippen molar-refractivity contribution in [2.24, 2.45) is 0 Å². The van der Waals surface area contributed by atoms with E-state index in [0.717, 1.165) is 16.0 Å². The molecule has 6 nitrogen and oxygen atoms in total. The molecule has 0 spiro atoms. The van der Waals surface area contributed by atoms with Gasteiger partial charge in [-0.2, -0.15) is 0 Å². The van der Waals surface area contributed by atoms with Gasteiger partial charge in [-0.25, -0.2) is 4.98 Å². The molecule has 7 heteroatoms. The van der Waals surface area contributed by atoms with Gasteiger partial charge in [0.15, 0.2) is 5.13 Å². The number of ether oxygens (including phenoxy) is 2. The molecule has 3 aromatic rings. The molecule has 0 saturated heterocycles. The molecule has 26 heavy (non-hydrogen) atoms. The number of hydrogen-bond donors (Lipinski definition) is 1. The van der Waals surface area contributed by atoms with E-state index in [2.05, 4.69) is 10.3 Å². The minimum absolute atomic E-state index is 0.437. The van der Waals surface area contributed by atoms with Crippen LogP contribution < -0.4 is 10.1 Å². The molecule has 0 fully saturated rings. The SMILES string of the molecule is CCOc1ccc2nc(NC(=O)C(OC(C)=O)c3ccccc3)sc2c1. The molecule has 0 aliphatic rings. The van der Waals surface area contributed by atoms with Gasteiger partial charge < -0.3 is 9.47 Å². The van der Waals surface area contributed by atoms with E-state index in [4.69, 9.17) is 9.47 Å². The number of benzene rings is 2. The van der Waals surface area contributed by atoms with E-state index >= 15 is 0 Å². The molecule has 0 bridgehead atoms. The lowest BCUT2D eigenvalue weighted by atomic mass is 10.1. The topological polar surface area (TPSA) is 77.5 Å². The summed E-state index contributed by atoms with van der Waals surface area (Å²) >= 11 is 1.33. The summed E-state index contributed by atoms with van der Waals surface area (Å²) in [6, 6.07) is 14.4. The predicted octanol–water partition coefficient (Wildman–Crippen LogP) is 3.94. The average Bonchev–Trinajstić information content (AvgIpc) is 3.02. The van der Waals surface area contributed by atoms with Crippen LogP contribution in [-0.2, 0) is 14.3 Å². The molecule has 1 heterocycles. The Morgan fingerprint density at radius 1 is 1.19 bits per heavy atom. The molecule has 0 aliphatic heterocycles. The molecule has 134 valence electrons. The normalized spacial score (nSPS) is 11.8. The monoisotopic (exact) mass is 370 g/mol. The van der Waals surface area contributed by atoms with E-state index in [1.807, 2.05) is 31.2 Å². The number of rotatable bonds is 6. The molecule has 1 atom stereocenters. The number of thiazole rings is 1. The average molecular weight is 370 g/mol. The highest BCUT2D eigenvalue weighted by atomic mass is 32.1. The molecule has 1 aromatic heterocycles. The van der Waals surface area contributed by atoms with Crippen molar-refractivity contribution in [1.82, 2.24) is 4.98 Å². The van der Waals surface area contributed by atoms with Crippen molar-refractivity contribution in [2.45, 2.75) is 20.0 Å². The number of amides is 1. The van der Waals surface area contributed by atoms with E-state index in [9.17, 15) is 9.59 Å². The van der Waals surface area contributed by atoms with Crippen molar-refractivity contribution in [3.8, 4) is 5.75 Å². The van der Waals surface area contributed by atoms with Crippen molar-refractivity contribution in [3.63, 3.8) is 0 Å². The smallest absolute Gasteiger partial charge is 0.303 e. The summed E-state index contributed by atoms with van der Waals surface area (Å²) in [6.45, 7) is 3.77. The zero-order valence-corrected chi connectivity index (χ0v) is 15.2. The second-order valence-electron chi connectivity index (χ2n) is 5.47. The maximum absolute atomic E-state index is 12.6. The molecular weight excluding hydrogens is 352 g/mol. The van der Waals surface area contributed by atoms with E-state index < -0.39 is 18.0 Å². The van der Waals surface area contributed by atoms with Gasteiger partial charge in [0, 0.05) is 12.5 Å². The fourth-order valence-electron chi connectivity index (χ4n) is 2.45. The fraction of sp³-hybridized carbons (Fsp3) is 0.211. The van der Waals surface area contributed by atoms with Crippen LogP contribution in [0, 0.1) is 0 Å². The Hall–Kier alpha value is -2.93. The van der Waals surface area contributed by atoms with Gasteiger partial charge in [0.1, 0.15) is 5.75 Å². The summed E-state index contributed by atoms with van der Waals surface area (Å²) < 4.78 is 11.6. The standard InChI is InChI=1S/C19H18N2O4S/c1-3-24-14-9-10-15-16(11-14)26-19(20-15)21-18(23)17(25-12(2)22)13-7-5-4-6-8-13/h4-11,17H,3H2,1-2H3,(H,20,21,23). The van der Waals surface area contributed by atoms with Gasteiger partial charge >= 0.3 is 5.97 Å². The van der Waals surface area contributed by atoms with Crippen molar-refractivity contribution >= 4 is 38.6 Å². The summed E-state index contributed by atoms with van der Waals surface area (Å²) in [6.07, 6.45) is -1.03. The molecule has 0 radical (unpaired) electrons. The number of fused-ring (bicyclic) bond motifs is 1. The molecule has 1 amide bonds. The van der Waals surface area contributed by atoms with Gasteiger partial charge in [-0.05, 0) is 25.1 Å². The maximum Gasteiger partial charge on any atom is 0.303 e. The van der Waals surface area contributed by atoms with Gasteiger partial charge in [0.2, 0.25) is 6.10 Å². The zero-order chi connectivity index (χ0) is 18.5. The number of hydrogen-bond acceptors (Lipinski definition) is 6. The Kier molecular flexibility index (Phi) is 5.48. The lowest BCUT2D eigenvalue weighted by Gasteiger charge is -2.16. The summed E-state index contributed by atoms with van der Waals surface area (Å²) in [4.78, 5) is 28.4. The highest BCUT2D eigenvalue weighted by Crippen LogP contribution is 2.30. The van der Waals surface area contributed by atoms with Gasteiger partial charge in [-0.3, -0.25) is 14.9 Å². The van der Waals surface area contributed by atoms with E-state index in [0.29, 0.717) is 17.3 Å². The first-order valence-electron chi connectivity index (χ1n) is 8.13. The number of nitrogens with zero attached hydrogens (tertiary/aromatic N) is 1. The van der Waals surface area contributed by atoms with E-state index in [1.165, 1.54) is 18.3 Å². The summed E-state index contributed by atoms with van der Waals surface area (Å²) in [7, 11) is 0. The van der Waals surface area contributed by atoms with Gasteiger partial charge in [-0.15, -0.1) is 0 Å². The van der Waals surface area contributed by atoms with Crippen molar-refractivity contribution in [1.29, 1.82) is 0 Å². The Morgan fingerprint density at radius 3 is 2.65 bits per heavy atom. The summed E-state index contributed by atoms with van der Waals surface area (Å²) in [5.74, 6) is -0.223. The molecule has 2 aromatic carbocycles. The highest BCUT2D eigenvalue weighted by molar-refractivity contribution is 7.22. The Morgan fingerprint density at radius 2 is 1.96 bits per heavy atom. The van der Waals surface area contributed by atoms with Gasteiger partial charge in [0.05, 0.1) is 16.8 Å². The number of anilines is 1. The van der Waals surface area contributed by atoms with Crippen molar-refractivity contribution in [2.75, 3.05) is 11.9 Å². The zero-order valence-electron chi connectivity index (χ0n) is 14.4. The molecule has 0 saturated carbocycles. The minimum atomic E-state index is -1.03. The van der Waals surface area contributed by atoms with Crippen LogP contribution in [-0.4, -0.2) is 23.5 Å². The largest absolute Gasteiger partial charge is 0.494 e. The molecule has 1 unspecified atom stereocenters. The second-order valence-corrected chi connectivity index (χ2v) is 6.50. The Labute approximate surface area is 154 Å². The molecule has 0 aliphatic carbocycles. The Balaban J connectivity index is 1.82. The first kappa shape index (κ1) is 17.9. The van der Waals surface area contributed by atoms with Crippen LogP contribution in [0.1, 0.15) is 25.5 Å². The van der Waals surface area contributed by atoms with E-state index in [-0.39, 0.29) is 0 Å². The number of carbonyl (C=O) groups is 2. The van der Waals surface area contributed by atoms with Crippen LogP contribution in [0.15, 0.2) is 48.5 Å². The molecular formula is C19H18N2O4S. The number of aromatic nitrogens is 1. The first-order chi connectivity index (χ1) is 12.6. The van der Waals surface area contributed by atoms with Crippen molar-refractivity contribution < 1.29 is 19.1 Å². The maximum atomic E-state index is 12.6. The van der Waals surface area contributed by atoms with Crippen LogP contribution in [0.25, 0.3) is 10.2 Å². The number of esters is 1. The highest BCUT2D eigenvalue weighted by Gasteiger charge is 2.24. The minimum Gasteiger partial charge on any atom is -0.494 e. The van der Waals surface area contributed by atoms with Crippen LogP contribution in [0.4, 0.5) is 5.13 Å². The van der Waals surface area contributed by atoms with Crippen molar-refractivity contribution in [3.05, 3.63) is 54.1 Å². The van der Waals surface area contributed by atoms with Crippen LogP contribution in [0.2, 0.25) is 0 Å². The fourth-order valence-corrected chi connectivity index (χ4v) is 3.35. The van der Waals surface area contributed by atoms with Crippen LogP contribution in [0.5, 0.6) is 5.75 Å². The Bertz CT molecular complexity index is 924. The lowest BCUT2D eigenvalue weighted by Crippen LogP contribution is -2.25. The summed E-state index contributed by atoms with van der Waals surface area (Å²) in [5.41, 5.74) is 1.36. The predicted molar refractivity (Wildman–Crippen MR) is 100 cm³/mol. The number of nitrogens with one attached hydrogen (secondary N) is 1.